The van der Waals surface area contributed by atoms with Gasteiger partial charge in [0.25, 0.3) is 11.6 Å². The van der Waals surface area contributed by atoms with Crippen molar-refractivity contribution in [1.29, 1.82) is 0 Å². The maximum Gasteiger partial charge on any atom is 0.305 e. The standard InChI is InChI=1S/C11H9BrN4O5/c1-15-5-6(16(19)20)4-7(15)10(17)13-14-11(18)8-2-3-9(12)21-8/h2-5H,1H3,(H,13,17)(H,14,18). The van der Waals surface area contributed by atoms with Crippen LogP contribution in [-0.2, 0) is 7.05 Å². The minimum absolute atomic E-state index is 0.0000340. The second-order valence-corrected chi connectivity index (χ2v) is 4.75. The fraction of sp³-hybridized carbons (Fsp3) is 0.0909. The van der Waals surface area contributed by atoms with Gasteiger partial charge in [-0.15, -0.1) is 0 Å². The maximum atomic E-state index is 11.8. The lowest BCUT2D eigenvalue weighted by Gasteiger charge is -2.06. The van der Waals surface area contributed by atoms with Gasteiger partial charge in [0.1, 0.15) is 5.69 Å². The lowest BCUT2D eigenvalue weighted by atomic mass is 10.4. The Bertz CT molecular complexity index is 720. The molecule has 0 unspecified atom stereocenters. The van der Waals surface area contributed by atoms with Gasteiger partial charge < -0.3 is 8.98 Å². The average molecular weight is 357 g/mol. The Morgan fingerprint density at radius 1 is 1.33 bits per heavy atom. The van der Waals surface area contributed by atoms with E-state index < -0.39 is 16.7 Å². The molecular formula is C11H9BrN4O5. The number of hydrogen-bond donors (Lipinski definition) is 2. The van der Waals surface area contributed by atoms with Gasteiger partial charge in [-0.25, -0.2) is 0 Å². The number of carbonyl (C=O) groups excluding carboxylic acids is 2. The van der Waals surface area contributed by atoms with E-state index in [2.05, 4.69) is 26.8 Å². The van der Waals surface area contributed by atoms with Crippen LogP contribution in [0.2, 0.25) is 0 Å². The highest BCUT2D eigenvalue weighted by atomic mass is 79.9. The van der Waals surface area contributed by atoms with Crippen LogP contribution < -0.4 is 10.9 Å². The molecule has 0 aromatic carbocycles. The summed E-state index contributed by atoms with van der Waals surface area (Å²) in [5, 5.41) is 10.6. The zero-order valence-electron chi connectivity index (χ0n) is 10.6. The zero-order valence-corrected chi connectivity index (χ0v) is 12.2. The highest BCUT2D eigenvalue weighted by Gasteiger charge is 2.18. The quantitative estimate of drug-likeness (QED) is 0.635. The molecule has 0 aliphatic heterocycles. The molecule has 2 heterocycles. The first kappa shape index (κ1) is 14.8. The number of hydrazine groups is 1. The summed E-state index contributed by atoms with van der Waals surface area (Å²) in [5.41, 5.74) is 4.09. The number of amides is 2. The largest absolute Gasteiger partial charge is 0.444 e. The normalized spacial score (nSPS) is 10.2. The predicted octanol–water partition coefficient (Wildman–Crippen LogP) is 1.36. The molecule has 0 aliphatic rings. The van der Waals surface area contributed by atoms with Gasteiger partial charge in [0.15, 0.2) is 10.4 Å². The number of nitrogens with one attached hydrogen (secondary N) is 2. The Hall–Kier alpha value is -2.62. The molecule has 10 heteroatoms. The van der Waals surface area contributed by atoms with Crippen LogP contribution in [-0.4, -0.2) is 21.3 Å². The first-order valence-corrected chi connectivity index (χ1v) is 6.34. The van der Waals surface area contributed by atoms with Crippen LogP contribution in [0, 0.1) is 10.1 Å². The van der Waals surface area contributed by atoms with Gasteiger partial charge in [-0.1, -0.05) is 0 Å². The van der Waals surface area contributed by atoms with Crippen LogP contribution in [0.1, 0.15) is 21.0 Å². The number of nitrogens with zero attached hydrogens (tertiary/aromatic N) is 2. The molecule has 2 rings (SSSR count). The van der Waals surface area contributed by atoms with Crippen LogP contribution in [0.3, 0.4) is 0 Å². The molecule has 0 radical (unpaired) electrons. The molecule has 2 aromatic heterocycles. The van der Waals surface area contributed by atoms with Crippen molar-refractivity contribution in [2.75, 3.05) is 0 Å². The number of aromatic nitrogens is 1. The molecule has 0 saturated carbocycles. The van der Waals surface area contributed by atoms with E-state index in [0.29, 0.717) is 4.67 Å². The Morgan fingerprint density at radius 3 is 2.52 bits per heavy atom. The van der Waals surface area contributed by atoms with Crippen molar-refractivity contribution in [3.63, 3.8) is 0 Å². The van der Waals surface area contributed by atoms with Crippen LogP contribution >= 0.6 is 15.9 Å². The van der Waals surface area contributed by atoms with E-state index in [4.69, 9.17) is 4.42 Å². The smallest absolute Gasteiger partial charge is 0.305 e. The summed E-state index contributed by atoms with van der Waals surface area (Å²) in [6, 6.07) is 4.04. The van der Waals surface area contributed by atoms with Gasteiger partial charge in [0.2, 0.25) is 0 Å². The summed E-state index contributed by atoms with van der Waals surface area (Å²) in [6.07, 6.45) is 1.19. The van der Waals surface area contributed by atoms with Gasteiger partial charge in [-0.05, 0) is 28.1 Å². The number of hydrogen-bond acceptors (Lipinski definition) is 5. The number of nitro groups is 1. The summed E-state index contributed by atoms with van der Waals surface area (Å²) in [7, 11) is 1.48. The van der Waals surface area contributed by atoms with Crippen molar-refractivity contribution in [2.24, 2.45) is 7.05 Å². The van der Waals surface area contributed by atoms with Crippen molar-refractivity contribution in [3.05, 3.63) is 50.6 Å². The molecule has 2 aromatic rings. The van der Waals surface area contributed by atoms with E-state index in [1.54, 1.807) is 0 Å². The first-order valence-electron chi connectivity index (χ1n) is 5.55. The molecule has 0 spiro atoms. The third kappa shape index (κ3) is 3.28. The summed E-state index contributed by atoms with van der Waals surface area (Å²) in [4.78, 5) is 33.5. The maximum absolute atomic E-state index is 11.8. The second-order valence-electron chi connectivity index (χ2n) is 3.96. The summed E-state index contributed by atoms with van der Waals surface area (Å²) >= 11 is 3.04. The number of aryl methyl sites for hydroxylation is 1. The fourth-order valence-corrected chi connectivity index (χ4v) is 1.85. The molecule has 9 nitrogen and oxygen atoms in total. The average Bonchev–Trinajstić information content (AvgIpc) is 3.02. The predicted molar refractivity (Wildman–Crippen MR) is 73.4 cm³/mol. The lowest BCUT2D eigenvalue weighted by molar-refractivity contribution is -0.384. The van der Waals surface area contributed by atoms with Crippen LogP contribution in [0.25, 0.3) is 0 Å². The summed E-state index contributed by atoms with van der Waals surface area (Å²) in [6.45, 7) is 0. The summed E-state index contributed by atoms with van der Waals surface area (Å²) in [5.74, 6) is -1.35. The topological polar surface area (TPSA) is 119 Å². The molecule has 110 valence electrons. The van der Waals surface area contributed by atoms with Crippen LogP contribution in [0.4, 0.5) is 5.69 Å². The molecule has 0 atom stereocenters. The SMILES string of the molecule is Cn1cc([N+](=O)[O-])cc1C(=O)NNC(=O)c1ccc(Br)o1. The van der Waals surface area contributed by atoms with Crippen molar-refractivity contribution >= 4 is 33.4 Å². The number of furan rings is 1. The van der Waals surface area contributed by atoms with Crippen molar-refractivity contribution in [3.8, 4) is 0 Å². The minimum Gasteiger partial charge on any atom is -0.444 e. The third-order valence-electron chi connectivity index (χ3n) is 2.52. The van der Waals surface area contributed by atoms with E-state index in [-0.39, 0.29) is 17.1 Å². The molecule has 21 heavy (non-hydrogen) atoms. The van der Waals surface area contributed by atoms with E-state index >= 15 is 0 Å². The van der Waals surface area contributed by atoms with E-state index in [1.165, 1.54) is 29.9 Å². The Labute approximate surface area is 126 Å². The first-order chi connectivity index (χ1) is 9.88. The number of carbonyl (C=O) groups is 2. The van der Waals surface area contributed by atoms with Gasteiger partial charge in [0.05, 0.1) is 11.1 Å². The van der Waals surface area contributed by atoms with Crippen molar-refractivity contribution < 1.29 is 18.9 Å². The van der Waals surface area contributed by atoms with Gasteiger partial charge in [-0.3, -0.25) is 30.6 Å². The molecule has 0 saturated heterocycles. The Balaban J connectivity index is 2.02. The zero-order chi connectivity index (χ0) is 15.6. The van der Waals surface area contributed by atoms with E-state index in [9.17, 15) is 19.7 Å². The number of rotatable bonds is 3. The van der Waals surface area contributed by atoms with Crippen molar-refractivity contribution in [1.82, 2.24) is 15.4 Å². The van der Waals surface area contributed by atoms with Gasteiger partial charge >= 0.3 is 5.91 Å². The third-order valence-corrected chi connectivity index (χ3v) is 2.95. The monoisotopic (exact) mass is 356 g/mol. The molecule has 2 amide bonds. The molecular weight excluding hydrogens is 348 g/mol. The van der Waals surface area contributed by atoms with Gasteiger partial charge in [-0.2, -0.15) is 0 Å². The van der Waals surface area contributed by atoms with Gasteiger partial charge in [0, 0.05) is 13.1 Å². The van der Waals surface area contributed by atoms with Crippen LogP contribution in [0.5, 0.6) is 0 Å². The molecule has 0 aliphatic carbocycles. The molecule has 2 N–H and O–H groups in total. The number of halogens is 1. The molecule has 0 bridgehead atoms. The minimum atomic E-state index is -0.690. The highest BCUT2D eigenvalue weighted by molar-refractivity contribution is 9.10. The second kappa shape index (κ2) is 5.79. The van der Waals surface area contributed by atoms with Crippen molar-refractivity contribution in [2.45, 2.75) is 0 Å². The lowest BCUT2D eigenvalue weighted by Crippen LogP contribution is -2.42. The Kier molecular flexibility index (Phi) is 4.08. The van der Waals surface area contributed by atoms with Crippen LogP contribution in [0.15, 0.2) is 33.5 Å². The van der Waals surface area contributed by atoms with E-state index in [1.807, 2.05) is 0 Å². The van der Waals surface area contributed by atoms with E-state index in [0.717, 1.165) is 6.07 Å². The highest BCUT2D eigenvalue weighted by Crippen LogP contribution is 2.15. The Morgan fingerprint density at radius 2 is 2.00 bits per heavy atom. The summed E-state index contributed by atoms with van der Waals surface area (Å²) < 4.78 is 6.65. The molecule has 0 fully saturated rings. The fourth-order valence-electron chi connectivity index (χ4n) is 1.55.